The number of hydrogen-bond acceptors (Lipinski definition) is 7. The summed E-state index contributed by atoms with van der Waals surface area (Å²) >= 11 is 0. The first-order chi connectivity index (χ1) is 15.0. The summed E-state index contributed by atoms with van der Waals surface area (Å²) in [5, 5.41) is 16.1. The van der Waals surface area contributed by atoms with E-state index in [2.05, 4.69) is 32.6 Å². The minimum atomic E-state index is 0.435. The van der Waals surface area contributed by atoms with Gasteiger partial charge in [0.2, 0.25) is 5.95 Å². The van der Waals surface area contributed by atoms with Gasteiger partial charge in [0.25, 0.3) is 0 Å². The molecule has 0 saturated heterocycles. The van der Waals surface area contributed by atoms with Crippen molar-refractivity contribution in [3.05, 3.63) is 35.3 Å². The van der Waals surface area contributed by atoms with Crippen LogP contribution < -0.4 is 5.32 Å². The van der Waals surface area contributed by atoms with Gasteiger partial charge in [-0.1, -0.05) is 12.1 Å². The van der Waals surface area contributed by atoms with Gasteiger partial charge in [-0.15, -0.1) is 0 Å². The molecule has 4 aromatic rings. The maximum Gasteiger partial charge on any atom is 0.223 e. The second kappa shape index (κ2) is 7.76. The number of nitrogens with one attached hydrogen (secondary N) is 2. The monoisotopic (exact) mass is 417 g/mol. The third-order valence-electron chi connectivity index (χ3n) is 6.27. The zero-order valence-corrected chi connectivity index (χ0v) is 18.4. The molecule has 2 N–H and O–H groups in total. The topological polar surface area (TPSA) is 105 Å². The summed E-state index contributed by atoms with van der Waals surface area (Å²) in [6, 6.07) is 4.44. The van der Waals surface area contributed by atoms with Crippen LogP contribution >= 0.6 is 0 Å². The van der Waals surface area contributed by atoms with Crippen LogP contribution in [0.15, 0.2) is 22.9 Å². The number of pyridine rings is 1. The second-order valence-corrected chi connectivity index (χ2v) is 8.69. The highest BCUT2D eigenvalue weighted by Gasteiger charge is 2.21. The van der Waals surface area contributed by atoms with Gasteiger partial charge in [0.15, 0.2) is 5.65 Å². The van der Waals surface area contributed by atoms with Gasteiger partial charge in [-0.2, -0.15) is 5.10 Å². The van der Waals surface area contributed by atoms with E-state index in [1.54, 1.807) is 0 Å². The zero-order chi connectivity index (χ0) is 21.5. The maximum absolute atomic E-state index is 5.29. The first-order valence-electron chi connectivity index (χ1n) is 10.9. The smallest absolute Gasteiger partial charge is 0.223 e. The summed E-state index contributed by atoms with van der Waals surface area (Å²) in [7, 11) is 0. The molecule has 1 fully saturated rings. The molecule has 8 heteroatoms. The van der Waals surface area contributed by atoms with Crippen LogP contribution in [-0.2, 0) is 0 Å². The molecule has 1 aliphatic carbocycles. The number of aromatic amines is 1. The van der Waals surface area contributed by atoms with E-state index in [0.717, 1.165) is 63.8 Å². The summed E-state index contributed by atoms with van der Waals surface area (Å²) in [5.41, 5.74) is 5.86. The first-order valence-corrected chi connectivity index (χ1v) is 10.9. The van der Waals surface area contributed by atoms with E-state index in [9.17, 15) is 0 Å². The van der Waals surface area contributed by atoms with Gasteiger partial charge in [0.1, 0.15) is 5.76 Å². The van der Waals surface area contributed by atoms with Gasteiger partial charge in [-0.05, 0) is 70.1 Å². The summed E-state index contributed by atoms with van der Waals surface area (Å²) < 4.78 is 5.29. The fourth-order valence-corrected chi connectivity index (χ4v) is 4.42. The molecule has 160 valence electrons. The molecule has 0 radical (unpaired) electrons. The Kier molecular flexibility index (Phi) is 4.92. The quantitative estimate of drug-likeness (QED) is 0.482. The fourth-order valence-electron chi connectivity index (χ4n) is 4.42. The molecule has 0 spiro atoms. The van der Waals surface area contributed by atoms with Crippen molar-refractivity contribution < 1.29 is 4.52 Å². The Morgan fingerprint density at radius 3 is 2.61 bits per heavy atom. The van der Waals surface area contributed by atoms with Crippen molar-refractivity contribution in [3.63, 3.8) is 0 Å². The van der Waals surface area contributed by atoms with E-state index in [0.29, 0.717) is 17.6 Å². The largest absolute Gasteiger partial charge is 0.361 e. The Morgan fingerprint density at radius 2 is 1.87 bits per heavy atom. The predicted molar refractivity (Wildman–Crippen MR) is 120 cm³/mol. The van der Waals surface area contributed by atoms with Gasteiger partial charge in [0.05, 0.1) is 28.3 Å². The van der Waals surface area contributed by atoms with Crippen LogP contribution in [0.4, 0.5) is 5.95 Å². The standard InChI is InChI=1S/C23H27N7O/c1-12-5-7-16(8-6-12)25-23-24-11-13(2)20(27-23)21-17-9-10-18(26-22(17)29-28-21)19-14(3)30-31-15(19)4/h9-12,16H,5-8H2,1-4H3,(H,24,25,27)(H,26,28,29). The lowest BCUT2D eigenvalue weighted by atomic mass is 9.87. The summed E-state index contributed by atoms with van der Waals surface area (Å²) in [5.74, 6) is 2.23. The minimum Gasteiger partial charge on any atom is -0.361 e. The number of aromatic nitrogens is 6. The van der Waals surface area contributed by atoms with E-state index in [1.807, 2.05) is 39.1 Å². The molecule has 0 bridgehead atoms. The van der Waals surface area contributed by atoms with E-state index in [4.69, 9.17) is 14.5 Å². The van der Waals surface area contributed by atoms with Crippen molar-refractivity contribution >= 4 is 17.0 Å². The zero-order valence-electron chi connectivity index (χ0n) is 18.4. The molecule has 1 saturated carbocycles. The normalized spacial score (nSPS) is 19.1. The van der Waals surface area contributed by atoms with E-state index in [1.165, 1.54) is 12.8 Å². The molecule has 31 heavy (non-hydrogen) atoms. The highest BCUT2D eigenvalue weighted by atomic mass is 16.5. The number of rotatable bonds is 4. The Labute approximate surface area is 180 Å². The second-order valence-electron chi connectivity index (χ2n) is 8.69. The van der Waals surface area contributed by atoms with E-state index >= 15 is 0 Å². The van der Waals surface area contributed by atoms with Crippen LogP contribution in [0, 0.1) is 26.7 Å². The number of nitrogens with zero attached hydrogens (tertiary/aromatic N) is 5. The predicted octanol–water partition coefficient (Wildman–Crippen LogP) is 4.99. The van der Waals surface area contributed by atoms with Crippen molar-refractivity contribution in [2.24, 2.45) is 5.92 Å². The summed E-state index contributed by atoms with van der Waals surface area (Å²) in [6.45, 7) is 8.15. The van der Waals surface area contributed by atoms with Crippen molar-refractivity contribution in [3.8, 4) is 22.6 Å². The Bertz CT molecular complexity index is 1210. The van der Waals surface area contributed by atoms with Crippen LogP contribution in [0.25, 0.3) is 33.7 Å². The van der Waals surface area contributed by atoms with Gasteiger partial charge in [0, 0.05) is 17.6 Å². The Morgan fingerprint density at radius 1 is 1.06 bits per heavy atom. The highest BCUT2D eigenvalue weighted by Crippen LogP contribution is 2.31. The van der Waals surface area contributed by atoms with Gasteiger partial charge in [-0.25, -0.2) is 15.0 Å². The minimum absolute atomic E-state index is 0.435. The molecule has 4 aromatic heterocycles. The lowest BCUT2D eigenvalue weighted by Crippen LogP contribution is -2.26. The molecule has 0 amide bonds. The molecule has 5 rings (SSSR count). The molecule has 0 unspecified atom stereocenters. The Balaban J connectivity index is 1.48. The lowest BCUT2D eigenvalue weighted by molar-refractivity contribution is 0.360. The SMILES string of the molecule is Cc1cnc(NC2CCC(C)CC2)nc1-c1[nH]nc2nc(-c3c(C)noc3C)ccc12. The van der Waals surface area contributed by atoms with E-state index in [-0.39, 0.29) is 0 Å². The first kappa shape index (κ1) is 19.7. The highest BCUT2D eigenvalue weighted by molar-refractivity contribution is 5.92. The third kappa shape index (κ3) is 3.66. The molecule has 0 atom stereocenters. The van der Waals surface area contributed by atoms with Gasteiger partial charge in [-0.3, -0.25) is 5.10 Å². The van der Waals surface area contributed by atoms with Crippen LogP contribution in [0.1, 0.15) is 49.6 Å². The number of anilines is 1. The molecule has 0 aromatic carbocycles. The lowest BCUT2D eigenvalue weighted by Gasteiger charge is -2.27. The van der Waals surface area contributed by atoms with Gasteiger partial charge >= 0.3 is 0 Å². The molecular formula is C23H27N7O. The fraction of sp³-hybridized carbons (Fsp3) is 0.435. The van der Waals surface area contributed by atoms with Crippen molar-refractivity contribution in [1.82, 2.24) is 30.3 Å². The Hall–Kier alpha value is -3.29. The van der Waals surface area contributed by atoms with Crippen LogP contribution in [0.3, 0.4) is 0 Å². The van der Waals surface area contributed by atoms with Crippen molar-refractivity contribution in [2.75, 3.05) is 5.32 Å². The van der Waals surface area contributed by atoms with Crippen molar-refractivity contribution in [1.29, 1.82) is 0 Å². The van der Waals surface area contributed by atoms with E-state index < -0.39 is 0 Å². The van der Waals surface area contributed by atoms with Gasteiger partial charge < -0.3 is 9.84 Å². The summed E-state index contributed by atoms with van der Waals surface area (Å²) in [6.07, 6.45) is 6.69. The molecule has 1 aliphatic rings. The maximum atomic E-state index is 5.29. The number of fused-ring (bicyclic) bond motifs is 1. The van der Waals surface area contributed by atoms with Crippen LogP contribution in [-0.4, -0.2) is 36.3 Å². The number of H-pyrrole nitrogens is 1. The summed E-state index contributed by atoms with van der Waals surface area (Å²) in [4.78, 5) is 14.1. The number of aryl methyl sites for hydroxylation is 3. The van der Waals surface area contributed by atoms with Crippen LogP contribution in [0.2, 0.25) is 0 Å². The average molecular weight is 418 g/mol. The third-order valence-corrected chi connectivity index (χ3v) is 6.27. The van der Waals surface area contributed by atoms with Crippen LogP contribution in [0.5, 0.6) is 0 Å². The average Bonchev–Trinajstić information content (AvgIpc) is 3.33. The molecule has 0 aliphatic heterocycles. The molecule has 4 heterocycles. The van der Waals surface area contributed by atoms with Crippen molar-refractivity contribution in [2.45, 2.75) is 59.4 Å². The number of hydrogen-bond donors (Lipinski definition) is 2. The molecule has 8 nitrogen and oxygen atoms in total. The molecular weight excluding hydrogens is 390 g/mol.